The summed E-state index contributed by atoms with van der Waals surface area (Å²) in [7, 11) is 0. The van der Waals surface area contributed by atoms with Gasteiger partial charge in [-0.05, 0) is 68.1 Å². The Morgan fingerprint density at radius 3 is 2.43 bits per heavy atom. The summed E-state index contributed by atoms with van der Waals surface area (Å²) < 4.78 is 21.3. The van der Waals surface area contributed by atoms with Crippen molar-refractivity contribution in [3.63, 3.8) is 0 Å². The van der Waals surface area contributed by atoms with E-state index in [1.807, 2.05) is 45.0 Å². The quantitative estimate of drug-likeness (QED) is 0.143. The van der Waals surface area contributed by atoms with E-state index >= 15 is 0 Å². The van der Waals surface area contributed by atoms with E-state index in [1.165, 1.54) is 18.2 Å². The maximum Gasteiger partial charge on any atom is 0.262 e. The van der Waals surface area contributed by atoms with Gasteiger partial charge in [0, 0.05) is 33.7 Å². The number of ether oxygens (including phenoxy) is 1. The summed E-state index contributed by atoms with van der Waals surface area (Å²) in [6, 6.07) is 18.2. The number of para-hydroxylation sites is 1. The second-order valence-electron chi connectivity index (χ2n) is 10.5. The van der Waals surface area contributed by atoms with Crippen LogP contribution in [-0.4, -0.2) is 34.7 Å². The molecule has 0 unspecified atom stereocenters. The van der Waals surface area contributed by atoms with Crippen LogP contribution < -0.4 is 15.5 Å². The SMILES string of the molecule is Cc1c(/C=N\NC(=O)[C@H](CC(C)C)NC(=O)[C@H](C)Oc2ccc(Cl)cc2Cl)c2ccccc2n1Cc1ccc(F)cc1. The first-order valence-electron chi connectivity index (χ1n) is 13.6. The molecule has 1 aromatic heterocycles. The molecule has 0 bridgehead atoms. The lowest BCUT2D eigenvalue weighted by molar-refractivity contribution is -0.132. The molecule has 42 heavy (non-hydrogen) atoms. The number of hydrogen-bond acceptors (Lipinski definition) is 4. The van der Waals surface area contributed by atoms with Gasteiger partial charge in [-0.1, -0.05) is 67.4 Å². The van der Waals surface area contributed by atoms with Crippen LogP contribution in [0.5, 0.6) is 5.75 Å². The number of amides is 2. The second kappa shape index (κ2) is 13.9. The second-order valence-corrected chi connectivity index (χ2v) is 11.3. The third-order valence-electron chi connectivity index (χ3n) is 6.81. The molecule has 0 aliphatic heterocycles. The van der Waals surface area contributed by atoms with Crippen molar-refractivity contribution in [2.75, 3.05) is 0 Å². The summed E-state index contributed by atoms with van der Waals surface area (Å²) in [4.78, 5) is 26.1. The molecule has 4 rings (SSSR count). The molecule has 2 amide bonds. The Morgan fingerprint density at radius 2 is 1.74 bits per heavy atom. The van der Waals surface area contributed by atoms with Gasteiger partial charge in [-0.15, -0.1) is 0 Å². The summed E-state index contributed by atoms with van der Waals surface area (Å²) in [6.45, 7) is 8.03. The molecule has 0 aliphatic rings. The summed E-state index contributed by atoms with van der Waals surface area (Å²) in [6.07, 6.45) is 1.10. The summed E-state index contributed by atoms with van der Waals surface area (Å²) in [5.41, 5.74) is 6.33. The fourth-order valence-corrected chi connectivity index (χ4v) is 5.09. The minimum absolute atomic E-state index is 0.124. The Labute approximate surface area is 254 Å². The summed E-state index contributed by atoms with van der Waals surface area (Å²) >= 11 is 12.1. The molecule has 0 fully saturated rings. The largest absolute Gasteiger partial charge is 0.479 e. The standard InChI is InChI=1S/C32H33Cl2FN4O3/c1-19(2)15-28(37-31(40)21(4)42-30-14-11-23(33)16-27(30)34)32(41)38-36-17-26-20(3)39(29-8-6-5-7-25(26)29)18-22-9-12-24(35)13-10-22/h5-14,16-17,19,21,28H,15,18H2,1-4H3,(H,37,40)(H,38,41)/b36-17-/t21-,28-/m0/s1. The van der Waals surface area contributed by atoms with Crippen molar-refractivity contribution in [1.82, 2.24) is 15.3 Å². The predicted octanol–water partition coefficient (Wildman–Crippen LogP) is 6.89. The monoisotopic (exact) mass is 610 g/mol. The number of aromatic nitrogens is 1. The summed E-state index contributed by atoms with van der Waals surface area (Å²) in [5, 5.41) is 8.72. The Bertz CT molecular complexity index is 1600. The van der Waals surface area contributed by atoms with Crippen molar-refractivity contribution in [2.45, 2.75) is 52.8 Å². The van der Waals surface area contributed by atoms with Gasteiger partial charge in [-0.2, -0.15) is 5.10 Å². The molecule has 4 aromatic rings. The number of carbonyl (C=O) groups is 2. The average Bonchev–Trinajstić information content (AvgIpc) is 3.21. The first-order valence-corrected chi connectivity index (χ1v) is 14.4. The molecule has 10 heteroatoms. The smallest absolute Gasteiger partial charge is 0.262 e. The molecule has 0 saturated heterocycles. The number of nitrogens with one attached hydrogen (secondary N) is 2. The normalized spacial score (nSPS) is 13.0. The molecule has 0 spiro atoms. The lowest BCUT2D eigenvalue weighted by Gasteiger charge is -2.22. The van der Waals surface area contributed by atoms with Crippen LogP contribution in [0.1, 0.15) is 44.0 Å². The molecule has 220 valence electrons. The zero-order valence-corrected chi connectivity index (χ0v) is 25.3. The maximum atomic E-state index is 13.4. The minimum Gasteiger partial charge on any atom is -0.479 e. The van der Waals surface area contributed by atoms with E-state index in [9.17, 15) is 14.0 Å². The van der Waals surface area contributed by atoms with Gasteiger partial charge in [0.05, 0.1) is 11.2 Å². The summed E-state index contributed by atoms with van der Waals surface area (Å²) in [5.74, 6) is -0.759. The van der Waals surface area contributed by atoms with Crippen LogP contribution in [0.15, 0.2) is 71.8 Å². The van der Waals surface area contributed by atoms with Crippen LogP contribution in [0.4, 0.5) is 4.39 Å². The number of hydrazone groups is 1. The predicted molar refractivity (Wildman–Crippen MR) is 166 cm³/mol. The highest BCUT2D eigenvalue weighted by atomic mass is 35.5. The van der Waals surface area contributed by atoms with Crippen LogP contribution in [0.25, 0.3) is 10.9 Å². The van der Waals surface area contributed by atoms with Gasteiger partial charge in [0.1, 0.15) is 17.6 Å². The van der Waals surface area contributed by atoms with Crippen LogP contribution in [0.3, 0.4) is 0 Å². The minimum atomic E-state index is -0.912. The Morgan fingerprint density at radius 1 is 1.02 bits per heavy atom. The van der Waals surface area contributed by atoms with Crippen LogP contribution in [0.2, 0.25) is 10.0 Å². The van der Waals surface area contributed by atoms with E-state index in [2.05, 4.69) is 20.4 Å². The van der Waals surface area contributed by atoms with Crippen molar-refractivity contribution < 1.29 is 18.7 Å². The van der Waals surface area contributed by atoms with Crippen LogP contribution in [-0.2, 0) is 16.1 Å². The number of benzene rings is 3. The molecule has 1 heterocycles. The van der Waals surface area contributed by atoms with Gasteiger partial charge in [-0.3, -0.25) is 9.59 Å². The number of hydrogen-bond donors (Lipinski definition) is 2. The van der Waals surface area contributed by atoms with Gasteiger partial charge in [-0.25, -0.2) is 9.82 Å². The van der Waals surface area contributed by atoms with Crippen LogP contribution >= 0.6 is 23.2 Å². The van der Waals surface area contributed by atoms with Crippen molar-refractivity contribution in [2.24, 2.45) is 11.0 Å². The molecule has 0 aliphatic carbocycles. The van der Waals surface area contributed by atoms with Gasteiger partial charge in [0.25, 0.3) is 11.8 Å². The van der Waals surface area contributed by atoms with Gasteiger partial charge in [0.15, 0.2) is 6.10 Å². The number of halogens is 3. The molecule has 0 radical (unpaired) electrons. The van der Waals surface area contributed by atoms with Crippen LogP contribution in [0, 0.1) is 18.7 Å². The van der Waals surface area contributed by atoms with E-state index in [-0.39, 0.29) is 16.8 Å². The highest BCUT2D eigenvalue weighted by Gasteiger charge is 2.25. The van der Waals surface area contributed by atoms with Crippen molar-refractivity contribution in [3.8, 4) is 5.75 Å². The first-order chi connectivity index (χ1) is 20.0. The number of fused-ring (bicyclic) bond motifs is 1. The molecule has 2 N–H and O–H groups in total. The third-order valence-corrected chi connectivity index (χ3v) is 7.34. The van der Waals surface area contributed by atoms with E-state index in [1.54, 1.807) is 37.4 Å². The molecular formula is C32H33Cl2FN4O3. The van der Waals surface area contributed by atoms with E-state index in [4.69, 9.17) is 27.9 Å². The lowest BCUT2D eigenvalue weighted by Crippen LogP contribution is -2.49. The number of rotatable bonds is 11. The third kappa shape index (κ3) is 7.69. The highest BCUT2D eigenvalue weighted by molar-refractivity contribution is 6.35. The fourth-order valence-electron chi connectivity index (χ4n) is 4.64. The molecule has 3 aromatic carbocycles. The van der Waals surface area contributed by atoms with Crippen molar-refractivity contribution in [1.29, 1.82) is 0 Å². The maximum absolute atomic E-state index is 13.4. The van der Waals surface area contributed by atoms with Crippen molar-refractivity contribution in [3.05, 3.63) is 99.4 Å². The molecule has 0 saturated carbocycles. The van der Waals surface area contributed by atoms with Gasteiger partial charge < -0.3 is 14.6 Å². The van der Waals surface area contributed by atoms with Crippen molar-refractivity contribution >= 4 is 52.1 Å². The van der Waals surface area contributed by atoms with Gasteiger partial charge >= 0.3 is 0 Å². The zero-order valence-electron chi connectivity index (χ0n) is 23.8. The van der Waals surface area contributed by atoms with E-state index < -0.39 is 24.0 Å². The average molecular weight is 612 g/mol. The number of nitrogens with zero attached hydrogens (tertiary/aromatic N) is 2. The lowest BCUT2D eigenvalue weighted by atomic mass is 10.0. The Balaban J connectivity index is 1.47. The van der Waals surface area contributed by atoms with E-state index in [0.717, 1.165) is 27.7 Å². The fraction of sp³-hybridized carbons (Fsp3) is 0.281. The topological polar surface area (TPSA) is 84.7 Å². The first kappa shape index (κ1) is 31.1. The highest BCUT2D eigenvalue weighted by Crippen LogP contribution is 2.28. The van der Waals surface area contributed by atoms with E-state index in [0.29, 0.717) is 23.7 Å². The number of carbonyl (C=O) groups excluding carboxylic acids is 2. The Hall–Kier alpha value is -3.88. The van der Waals surface area contributed by atoms with Gasteiger partial charge in [0.2, 0.25) is 0 Å². The molecular weight excluding hydrogens is 578 g/mol. The molecule has 2 atom stereocenters. The zero-order chi connectivity index (χ0) is 30.4. The Kier molecular flexibility index (Phi) is 10.2. The molecule has 7 nitrogen and oxygen atoms in total.